The maximum Gasteiger partial charge on any atom is 0.241 e. The second kappa shape index (κ2) is 5.28. The summed E-state index contributed by atoms with van der Waals surface area (Å²) < 4.78 is 27.2. The Hall–Kier alpha value is -1.44. The molecule has 7 heteroatoms. The minimum absolute atomic E-state index is 0.246. The number of sulfonamides is 1. The Labute approximate surface area is 116 Å². The van der Waals surface area contributed by atoms with Gasteiger partial charge in [0.25, 0.3) is 0 Å². The Kier molecular flexibility index (Phi) is 3.88. The summed E-state index contributed by atoms with van der Waals surface area (Å²) in [5.74, 6) is 0. The van der Waals surface area contributed by atoms with Crippen molar-refractivity contribution in [3.8, 4) is 0 Å². The summed E-state index contributed by atoms with van der Waals surface area (Å²) in [7, 11) is -3.54. The van der Waals surface area contributed by atoms with Crippen molar-refractivity contribution in [2.75, 3.05) is 5.73 Å². The maximum absolute atomic E-state index is 12.3. The van der Waals surface area contributed by atoms with Crippen LogP contribution in [0.3, 0.4) is 0 Å². The summed E-state index contributed by atoms with van der Waals surface area (Å²) in [4.78, 5) is 5.08. The average molecular weight is 297 g/mol. The van der Waals surface area contributed by atoms with E-state index in [4.69, 9.17) is 5.73 Å². The van der Waals surface area contributed by atoms with Crippen LogP contribution in [0.15, 0.2) is 28.7 Å². The van der Waals surface area contributed by atoms with Gasteiger partial charge in [0, 0.05) is 23.3 Å². The Bertz CT molecular complexity index is 656. The SMILES string of the molecule is Cc1cc(N)cc(C)c1S(=O)(=O)NCc1cncs1. The van der Waals surface area contributed by atoms with E-state index in [0.29, 0.717) is 21.7 Å². The topological polar surface area (TPSA) is 85.1 Å². The van der Waals surface area contributed by atoms with E-state index in [2.05, 4.69) is 9.71 Å². The van der Waals surface area contributed by atoms with Gasteiger partial charge in [-0.2, -0.15) is 0 Å². The average Bonchev–Trinajstić information content (AvgIpc) is 2.77. The fourth-order valence-corrected chi connectivity index (χ4v) is 4.06. The molecule has 0 saturated heterocycles. The molecule has 0 amide bonds. The summed E-state index contributed by atoms with van der Waals surface area (Å²) >= 11 is 1.41. The number of nitrogens with zero attached hydrogens (tertiary/aromatic N) is 1. The molecule has 1 heterocycles. The highest BCUT2D eigenvalue weighted by Crippen LogP contribution is 2.23. The molecule has 1 aromatic carbocycles. The highest BCUT2D eigenvalue weighted by Gasteiger charge is 2.19. The Morgan fingerprint density at radius 3 is 2.47 bits per heavy atom. The van der Waals surface area contributed by atoms with Crippen LogP contribution in [0.1, 0.15) is 16.0 Å². The van der Waals surface area contributed by atoms with Crippen molar-refractivity contribution in [1.29, 1.82) is 0 Å². The molecule has 5 nitrogen and oxygen atoms in total. The van der Waals surface area contributed by atoms with E-state index in [1.54, 1.807) is 37.7 Å². The summed E-state index contributed by atoms with van der Waals surface area (Å²) in [6, 6.07) is 3.32. The lowest BCUT2D eigenvalue weighted by Gasteiger charge is -2.12. The number of benzene rings is 1. The van der Waals surface area contributed by atoms with E-state index in [-0.39, 0.29) is 6.54 Å². The van der Waals surface area contributed by atoms with Crippen LogP contribution < -0.4 is 10.5 Å². The minimum Gasteiger partial charge on any atom is -0.399 e. The molecular weight excluding hydrogens is 282 g/mol. The van der Waals surface area contributed by atoms with E-state index < -0.39 is 10.0 Å². The molecule has 0 fully saturated rings. The molecule has 0 spiro atoms. The third-order valence-electron chi connectivity index (χ3n) is 2.67. The predicted molar refractivity (Wildman–Crippen MR) is 76.5 cm³/mol. The van der Waals surface area contributed by atoms with Gasteiger partial charge in [0.1, 0.15) is 0 Å². The van der Waals surface area contributed by atoms with Gasteiger partial charge in [0.05, 0.1) is 10.4 Å². The number of nitrogen functional groups attached to an aromatic ring is 1. The lowest BCUT2D eigenvalue weighted by Crippen LogP contribution is -2.24. The second-order valence-electron chi connectivity index (χ2n) is 4.28. The summed E-state index contributed by atoms with van der Waals surface area (Å²) in [5, 5.41) is 0. The largest absolute Gasteiger partial charge is 0.399 e. The standard InChI is InChI=1S/C12H15N3O2S2/c1-8-3-10(13)4-9(2)12(8)19(16,17)15-6-11-5-14-7-18-11/h3-5,7,15H,6,13H2,1-2H3. The molecule has 0 saturated carbocycles. The lowest BCUT2D eigenvalue weighted by atomic mass is 10.1. The first-order chi connectivity index (χ1) is 8.90. The normalized spacial score (nSPS) is 11.7. The molecule has 102 valence electrons. The van der Waals surface area contributed by atoms with Crippen molar-refractivity contribution in [1.82, 2.24) is 9.71 Å². The van der Waals surface area contributed by atoms with Crippen molar-refractivity contribution in [3.63, 3.8) is 0 Å². The fourth-order valence-electron chi connectivity index (χ4n) is 1.98. The first kappa shape index (κ1) is 14.0. The maximum atomic E-state index is 12.3. The zero-order valence-corrected chi connectivity index (χ0v) is 12.3. The van der Waals surface area contributed by atoms with Gasteiger partial charge in [-0.15, -0.1) is 11.3 Å². The number of aryl methyl sites for hydroxylation is 2. The van der Waals surface area contributed by atoms with Gasteiger partial charge in [0.2, 0.25) is 10.0 Å². The van der Waals surface area contributed by atoms with E-state index in [1.807, 2.05) is 0 Å². The number of aromatic nitrogens is 1. The van der Waals surface area contributed by atoms with Crippen molar-refractivity contribution in [2.45, 2.75) is 25.3 Å². The van der Waals surface area contributed by atoms with Crippen molar-refractivity contribution in [3.05, 3.63) is 39.8 Å². The number of thiazole rings is 1. The molecule has 3 N–H and O–H groups in total. The highest BCUT2D eigenvalue weighted by atomic mass is 32.2. The summed E-state index contributed by atoms with van der Waals surface area (Å²) in [6.07, 6.45) is 1.65. The minimum atomic E-state index is -3.54. The van der Waals surface area contributed by atoms with E-state index >= 15 is 0 Å². The molecule has 1 aromatic heterocycles. The van der Waals surface area contributed by atoms with Gasteiger partial charge in [-0.25, -0.2) is 13.1 Å². The van der Waals surface area contributed by atoms with Crippen LogP contribution in [0.2, 0.25) is 0 Å². The van der Waals surface area contributed by atoms with Crippen molar-refractivity contribution >= 4 is 27.0 Å². The molecular formula is C12H15N3O2S2. The van der Waals surface area contributed by atoms with Gasteiger partial charge in [-0.1, -0.05) is 0 Å². The Balaban J connectivity index is 2.29. The van der Waals surface area contributed by atoms with Gasteiger partial charge in [-0.05, 0) is 37.1 Å². The molecule has 0 bridgehead atoms. The molecule has 0 aliphatic carbocycles. The Morgan fingerprint density at radius 2 is 1.95 bits per heavy atom. The van der Waals surface area contributed by atoms with Gasteiger partial charge >= 0.3 is 0 Å². The number of rotatable bonds is 4. The monoisotopic (exact) mass is 297 g/mol. The number of anilines is 1. The zero-order chi connectivity index (χ0) is 14.0. The Morgan fingerprint density at radius 1 is 1.32 bits per heavy atom. The van der Waals surface area contributed by atoms with Gasteiger partial charge in [0.15, 0.2) is 0 Å². The number of nitrogens with one attached hydrogen (secondary N) is 1. The molecule has 0 atom stereocenters. The van der Waals surface area contributed by atoms with Crippen LogP contribution in [-0.4, -0.2) is 13.4 Å². The predicted octanol–water partition coefficient (Wildman–Crippen LogP) is 1.82. The molecule has 0 aliphatic rings. The van der Waals surface area contributed by atoms with Gasteiger partial charge in [-0.3, -0.25) is 4.98 Å². The summed E-state index contributed by atoms with van der Waals surface area (Å²) in [6.45, 7) is 3.73. The first-order valence-electron chi connectivity index (χ1n) is 5.64. The highest BCUT2D eigenvalue weighted by molar-refractivity contribution is 7.89. The van der Waals surface area contributed by atoms with E-state index in [0.717, 1.165) is 4.88 Å². The molecule has 0 unspecified atom stereocenters. The van der Waals surface area contributed by atoms with Crippen LogP contribution in [0, 0.1) is 13.8 Å². The number of nitrogens with two attached hydrogens (primary N) is 1. The van der Waals surface area contributed by atoms with Crippen LogP contribution in [0.4, 0.5) is 5.69 Å². The zero-order valence-electron chi connectivity index (χ0n) is 10.7. The smallest absolute Gasteiger partial charge is 0.241 e. The second-order valence-corrected chi connectivity index (χ2v) is 6.95. The molecule has 0 radical (unpaired) electrons. The van der Waals surface area contributed by atoms with Crippen LogP contribution in [-0.2, 0) is 16.6 Å². The number of hydrogen-bond acceptors (Lipinski definition) is 5. The van der Waals surface area contributed by atoms with E-state index in [1.165, 1.54) is 11.3 Å². The first-order valence-corrected chi connectivity index (χ1v) is 8.00. The van der Waals surface area contributed by atoms with E-state index in [9.17, 15) is 8.42 Å². The number of hydrogen-bond donors (Lipinski definition) is 2. The summed E-state index contributed by atoms with van der Waals surface area (Å²) in [5.41, 5.74) is 9.23. The quantitative estimate of drug-likeness (QED) is 0.843. The fraction of sp³-hybridized carbons (Fsp3) is 0.250. The molecule has 19 heavy (non-hydrogen) atoms. The molecule has 2 rings (SSSR count). The third-order valence-corrected chi connectivity index (χ3v) is 5.16. The lowest BCUT2D eigenvalue weighted by molar-refractivity contribution is 0.580. The van der Waals surface area contributed by atoms with Crippen LogP contribution in [0.25, 0.3) is 0 Å². The molecule has 0 aliphatic heterocycles. The van der Waals surface area contributed by atoms with Crippen molar-refractivity contribution in [2.24, 2.45) is 0 Å². The molecule has 2 aromatic rings. The van der Waals surface area contributed by atoms with Crippen molar-refractivity contribution < 1.29 is 8.42 Å². The van der Waals surface area contributed by atoms with Gasteiger partial charge < -0.3 is 5.73 Å². The van der Waals surface area contributed by atoms with Crippen LogP contribution in [0.5, 0.6) is 0 Å². The van der Waals surface area contributed by atoms with Crippen LogP contribution >= 0.6 is 11.3 Å². The third kappa shape index (κ3) is 3.12.